The minimum absolute atomic E-state index is 0.295. The first-order chi connectivity index (χ1) is 13.4. The van der Waals surface area contributed by atoms with Crippen molar-refractivity contribution in [3.05, 3.63) is 0 Å². The van der Waals surface area contributed by atoms with E-state index >= 15 is 0 Å². The molecule has 0 aromatic carbocycles. The Morgan fingerprint density at radius 3 is 2.34 bits per heavy atom. The Kier molecular flexibility index (Phi) is 10.9. The third-order valence-electron chi connectivity index (χ3n) is 5.06. The highest BCUT2D eigenvalue weighted by atomic mass is 32.2. The number of aliphatic hydroxyl groups is 2. The van der Waals surface area contributed by atoms with E-state index < -0.39 is 45.7 Å². The molecular formula is C20H40N2O6S. The van der Waals surface area contributed by atoms with Crippen molar-refractivity contribution in [3.63, 3.8) is 0 Å². The van der Waals surface area contributed by atoms with Gasteiger partial charge >= 0.3 is 6.09 Å². The lowest BCUT2D eigenvalue weighted by atomic mass is 9.83. The van der Waals surface area contributed by atoms with Gasteiger partial charge in [0.2, 0.25) is 10.0 Å². The van der Waals surface area contributed by atoms with Gasteiger partial charge in [0, 0.05) is 6.54 Å². The minimum Gasteiger partial charge on any atom is -0.444 e. The molecule has 1 amide bonds. The van der Waals surface area contributed by atoms with Crippen LogP contribution in [-0.2, 0) is 14.8 Å². The summed E-state index contributed by atoms with van der Waals surface area (Å²) in [6.45, 7) is 7.46. The zero-order valence-corrected chi connectivity index (χ0v) is 19.1. The lowest BCUT2D eigenvalue weighted by molar-refractivity contribution is -0.00522. The maximum Gasteiger partial charge on any atom is 0.407 e. The van der Waals surface area contributed by atoms with Crippen molar-refractivity contribution in [2.45, 2.75) is 103 Å². The molecule has 9 heteroatoms. The molecule has 0 spiro atoms. The summed E-state index contributed by atoms with van der Waals surface area (Å²) in [6.07, 6.45) is 3.75. The Bertz CT molecular complexity index is 584. The van der Waals surface area contributed by atoms with Crippen molar-refractivity contribution < 1.29 is 28.2 Å². The van der Waals surface area contributed by atoms with E-state index in [0.717, 1.165) is 32.1 Å². The number of amides is 1. The molecule has 0 radical (unpaired) electrons. The summed E-state index contributed by atoms with van der Waals surface area (Å²) >= 11 is 0. The number of alkyl carbamates (subject to hydrolysis) is 1. The van der Waals surface area contributed by atoms with Gasteiger partial charge < -0.3 is 20.3 Å². The van der Waals surface area contributed by atoms with Crippen molar-refractivity contribution >= 4 is 16.1 Å². The molecule has 1 fully saturated rings. The SMILES string of the molecule is CCCCNS(=O)(=O)C[C@@H](O)[C@H](O)[C@H](CC1CCCCC1)NC(=O)OC(C)(C)C. The topological polar surface area (TPSA) is 125 Å². The predicted molar refractivity (Wildman–Crippen MR) is 113 cm³/mol. The summed E-state index contributed by atoms with van der Waals surface area (Å²) in [4.78, 5) is 12.2. The summed E-state index contributed by atoms with van der Waals surface area (Å²) in [7, 11) is -3.73. The largest absolute Gasteiger partial charge is 0.444 e. The molecule has 1 saturated carbocycles. The Morgan fingerprint density at radius 1 is 1.17 bits per heavy atom. The molecule has 0 unspecified atom stereocenters. The molecule has 0 saturated heterocycles. The average molecular weight is 437 g/mol. The van der Waals surface area contributed by atoms with Gasteiger partial charge in [-0.25, -0.2) is 17.9 Å². The molecule has 0 bridgehead atoms. The predicted octanol–water partition coefficient (Wildman–Crippen LogP) is 2.29. The van der Waals surface area contributed by atoms with Crippen LogP contribution in [0.4, 0.5) is 4.79 Å². The van der Waals surface area contributed by atoms with E-state index in [1.807, 2.05) is 6.92 Å². The van der Waals surface area contributed by atoms with Gasteiger partial charge in [-0.05, 0) is 39.5 Å². The fourth-order valence-corrected chi connectivity index (χ4v) is 4.80. The van der Waals surface area contributed by atoms with E-state index in [9.17, 15) is 23.4 Å². The van der Waals surface area contributed by atoms with E-state index in [2.05, 4.69) is 10.0 Å². The standard InChI is InChI=1S/C20H40N2O6S/c1-5-6-12-21-29(26,27)14-17(23)18(24)16(13-15-10-8-7-9-11-15)22-19(25)28-20(2,3)4/h15-18,21,23-24H,5-14H2,1-4H3,(H,22,25)/t16-,17+,18+/m0/s1. The molecule has 4 N–H and O–H groups in total. The Labute approximate surface area is 175 Å². The first-order valence-corrected chi connectivity index (χ1v) is 12.4. The molecule has 0 aromatic rings. The molecule has 0 aliphatic heterocycles. The fourth-order valence-electron chi connectivity index (χ4n) is 3.58. The van der Waals surface area contributed by atoms with Gasteiger partial charge in [-0.1, -0.05) is 45.4 Å². The zero-order valence-electron chi connectivity index (χ0n) is 18.3. The molecule has 1 aliphatic carbocycles. The van der Waals surface area contributed by atoms with Crippen LogP contribution >= 0.6 is 0 Å². The van der Waals surface area contributed by atoms with Gasteiger partial charge in [-0.2, -0.15) is 0 Å². The molecule has 172 valence electrons. The number of nitrogens with one attached hydrogen (secondary N) is 2. The molecule has 29 heavy (non-hydrogen) atoms. The molecule has 8 nitrogen and oxygen atoms in total. The van der Waals surface area contributed by atoms with Crippen molar-refractivity contribution in [2.75, 3.05) is 12.3 Å². The number of unbranched alkanes of at least 4 members (excludes halogenated alkanes) is 1. The number of carbonyl (C=O) groups excluding carboxylic acids is 1. The second kappa shape index (κ2) is 12.1. The van der Waals surface area contributed by atoms with Gasteiger partial charge in [-0.15, -0.1) is 0 Å². The summed E-state index contributed by atoms with van der Waals surface area (Å²) < 4.78 is 32.0. The van der Waals surface area contributed by atoms with E-state index in [-0.39, 0.29) is 0 Å². The van der Waals surface area contributed by atoms with E-state index in [1.165, 1.54) is 6.42 Å². The number of rotatable bonds is 11. The van der Waals surface area contributed by atoms with Gasteiger partial charge in [0.25, 0.3) is 0 Å². The highest BCUT2D eigenvalue weighted by Crippen LogP contribution is 2.28. The second-order valence-corrected chi connectivity index (χ2v) is 10.9. The Morgan fingerprint density at radius 2 is 1.79 bits per heavy atom. The number of ether oxygens (including phenoxy) is 1. The van der Waals surface area contributed by atoms with Crippen LogP contribution in [0.3, 0.4) is 0 Å². The summed E-state index contributed by atoms with van der Waals surface area (Å²) in [5, 5.41) is 23.7. The monoisotopic (exact) mass is 436 g/mol. The average Bonchev–Trinajstić information content (AvgIpc) is 2.59. The van der Waals surface area contributed by atoms with Gasteiger partial charge in [-0.3, -0.25) is 0 Å². The third-order valence-corrected chi connectivity index (χ3v) is 6.49. The number of carbonyl (C=O) groups is 1. The van der Waals surface area contributed by atoms with Crippen molar-refractivity contribution in [2.24, 2.45) is 5.92 Å². The van der Waals surface area contributed by atoms with Gasteiger partial charge in [0.15, 0.2) is 0 Å². The van der Waals surface area contributed by atoms with Gasteiger partial charge in [0.1, 0.15) is 11.7 Å². The van der Waals surface area contributed by atoms with Crippen LogP contribution in [0, 0.1) is 5.92 Å². The summed E-state index contributed by atoms with van der Waals surface area (Å²) in [5.41, 5.74) is -0.699. The van der Waals surface area contributed by atoms with E-state index in [4.69, 9.17) is 4.74 Å². The van der Waals surface area contributed by atoms with Crippen LogP contribution in [0.25, 0.3) is 0 Å². The van der Waals surface area contributed by atoms with Crippen LogP contribution in [0.5, 0.6) is 0 Å². The first kappa shape index (κ1) is 26.1. The number of hydrogen-bond donors (Lipinski definition) is 4. The molecular weight excluding hydrogens is 396 g/mol. The summed E-state index contributed by atoms with van der Waals surface area (Å²) in [6, 6.07) is -0.784. The smallest absolute Gasteiger partial charge is 0.407 e. The maximum absolute atomic E-state index is 12.2. The Balaban J connectivity index is 2.78. The van der Waals surface area contributed by atoms with E-state index in [1.54, 1.807) is 20.8 Å². The van der Waals surface area contributed by atoms with Gasteiger partial charge in [0.05, 0.1) is 17.9 Å². The number of aliphatic hydroxyl groups excluding tert-OH is 2. The van der Waals surface area contributed by atoms with E-state index in [0.29, 0.717) is 25.3 Å². The fraction of sp³-hybridized carbons (Fsp3) is 0.950. The molecule has 3 atom stereocenters. The van der Waals surface area contributed by atoms with Crippen molar-refractivity contribution in [1.82, 2.24) is 10.0 Å². The molecule has 1 rings (SSSR count). The van der Waals surface area contributed by atoms with Crippen LogP contribution in [0.15, 0.2) is 0 Å². The van der Waals surface area contributed by atoms with Crippen LogP contribution in [0.1, 0.15) is 79.1 Å². The lowest BCUT2D eigenvalue weighted by Crippen LogP contribution is -2.52. The summed E-state index contributed by atoms with van der Waals surface area (Å²) in [5.74, 6) is -0.306. The van der Waals surface area contributed by atoms with Crippen LogP contribution in [0.2, 0.25) is 0 Å². The lowest BCUT2D eigenvalue weighted by Gasteiger charge is -2.32. The molecule has 1 aliphatic rings. The highest BCUT2D eigenvalue weighted by molar-refractivity contribution is 7.89. The minimum atomic E-state index is -3.73. The molecule has 0 heterocycles. The molecule has 0 aromatic heterocycles. The van der Waals surface area contributed by atoms with Crippen LogP contribution in [-0.4, -0.2) is 60.9 Å². The quantitative estimate of drug-likeness (QED) is 0.368. The second-order valence-electron chi connectivity index (χ2n) is 9.08. The number of sulfonamides is 1. The highest BCUT2D eigenvalue weighted by Gasteiger charge is 2.34. The van der Waals surface area contributed by atoms with Crippen molar-refractivity contribution in [3.8, 4) is 0 Å². The Hall–Kier alpha value is -0.900. The zero-order chi connectivity index (χ0) is 22.1. The van der Waals surface area contributed by atoms with Crippen molar-refractivity contribution in [1.29, 1.82) is 0 Å². The van der Waals surface area contributed by atoms with Crippen LogP contribution < -0.4 is 10.0 Å². The number of hydrogen-bond acceptors (Lipinski definition) is 6. The first-order valence-electron chi connectivity index (χ1n) is 10.8. The maximum atomic E-state index is 12.2. The third kappa shape index (κ3) is 11.2. The normalized spacial score (nSPS) is 19.4.